The molecule has 2 aliphatic rings. The van der Waals surface area contributed by atoms with Crippen LogP contribution in [0.25, 0.3) is 0 Å². The van der Waals surface area contributed by atoms with E-state index in [1.807, 2.05) is 0 Å². The van der Waals surface area contributed by atoms with Gasteiger partial charge in [0.05, 0.1) is 6.61 Å². The summed E-state index contributed by atoms with van der Waals surface area (Å²) in [5, 5.41) is 0. The van der Waals surface area contributed by atoms with Gasteiger partial charge in [0.25, 0.3) is 0 Å². The molecule has 3 nitrogen and oxygen atoms in total. The monoisotopic (exact) mass is 113 g/mol. The normalized spacial score (nSPS) is 50.6. The molecule has 2 N–H and O–H groups in total. The Morgan fingerprint density at radius 3 is 2.75 bits per heavy atom. The van der Waals surface area contributed by atoms with Crippen LogP contribution < -0.4 is 5.73 Å². The largest absolute Gasteiger partial charge is 0.464 e. The first kappa shape index (κ1) is 4.32. The predicted octanol–water partition coefficient (Wildman–Crippen LogP) is -0.739. The van der Waals surface area contributed by atoms with Crippen molar-refractivity contribution in [2.24, 2.45) is 11.7 Å². The van der Waals surface area contributed by atoms with E-state index in [-0.39, 0.29) is 5.97 Å². The number of rotatable bonds is 0. The summed E-state index contributed by atoms with van der Waals surface area (Å²) in [6, 6.07) is 0. The van der Waals surface area contributed by atoms with Gasteiger partial charge in [0.15, 0.2) is 0 Å². The molecule has 2 rings (SSSR count). The fourth-order valence-electron chi connectivity index (χ4n) is 1.12. The minimum atomic E-state index is -0.542. The van der Waals surface area contributed by atoms with Gasteiger partial charge >= 0.3 is 5.97 Å². The van der Waals surface area contributed by atoms with Crippen LogP contribution in [0.3, 0.4) is 0 Å². The fourth-order valence-corrected chi connectivity index (χ4v) is 1.12. The van der Waals surface area contributed by atoms with Crippen molar-refractivity contribution in [3.63, 3.8) is 0 Å². The van der Waals surface area contributed by atoms with Gasteiger partial charge < -0.3 is 10.5 Å². The third kappa shape index (κ3) is 0.282. The van der Waals surface area contributed by atoms with Crippen LogP contribution in [0, 0.1) is 5.92 Å². The number of nitrogens with two attached hydrogens (primary N) is 1. The van der Waals surface area contributed by atoms with E-state index in [1.54, 1.807) is 0 Å². The molecule has 0 aromatic heterocycles. The molecule has 0 unspecified atom stereocenters. The standard InChI is InChI=1S/C5H7NO2/c6-5-1-3(5)2-8-4(5)7/h3H,1-2,6H2/t3-,5+/m1/s1. The molecule has 8 heavy (non-hydrogen) atoms. The summed E-state index contributed by atoms with van der Waals surface area (Å²) in [5.41, 5.74) is 4.98. The lowest BCUT2D eigenvalue weighted by atomic mass is 10.3. The molecular weight excluding hydrogens is 106 g/mol. The van der Waals surface area contributed by atoms with Gasteiger partial charge in [-0.25, -0.2) is 0 Å². The topological polar surface area (TPSA) is 52.3 Å². The number of carbonyl (C=O) groups is 1. The number of cyclic esters (lactones) is 1. The van der Waals surface area contributed by atoms with Crippen LogP contribution >= 0.6 is 0 Å². The third-order valence-corrected chi connectivity index (χ3v) is 1.95. The van der Waals surface area contributed by atoms with Crippen molar-refractivity contribution in [2.45, 2.75) is 12.0 Å². The number of fused-ring (bicyclic) bond motifs is 1. The zero-order chi connectivity index (χ0) is 5.78. The van der Waals surface area contributed by atoms with E-state index in [0.717, 1.165) is 6.42 Å². The molecule has 1 saturated carbocycles. The van der Waals surface area contributed by atoms with E-state index in [1.165, 1.54) is 0 Å². The molecule has 1 heterocycles. The first-order valence-electron chi connectivity index (χ1n) is 2.69. The lowest BCUT2D eigenvalue weighted by Crippen LogP contribution is -2.31. The smallest absolute Gasteiger partial charge is 0.326 e. The van der Waals surface area contributed by atoms with Crippen LogP contribution in [-0.2, 0) is 9.53 Å². The Labute approximate surface area is 46.8 Å². The van der Waals surface area contributed by atoms with Crippen molar-refractivity contribution in [2.75, 3.05) is 6.61 Å². The summed E-state index contributed by atoms with van der Waals surface area (Å²) in [6.45, 7) is 0.551. The first-order valence-corrected chi connectivity index (χ1v) is 2.69. The molecule has 44 valence electrons. The molecule has 0 radical (unpaired) electrons. The number of ether oxygens (including phenoxy) is 1. The van der Waals surface area contributed by atoms with Crippen LogP contribution in [0.2, 0.25) is 0 Å². The van der Waals surface area contributed by atoms with Crippen LogP contribution in [0.4, 0.5) is 0 Å². The van der Waals surface area contributed by atoms with Crippen molar-refractivity contribution in [3.05, 3.63) is 0 Å². The summed E-state index contributed by atoms with van der Waals surface area (Å²) >= 11 is 0. The molecule has 1 aliphatic heterocycles. The molecule has 1 saturated heterocycles. The number of hydrogen-bond donors (Lipinski definition) is 1. The molecule has 0 aromatic carbocycles. The summed E-state index contributed by atoms with van der Waals surface area (Å²) in [5.74, 6) is 0.137. The maximum absolute atomic E-state index is 10.6. The Balaban J connectivity index is 2.31. The highest BCUT2D eigenvalue weighted by molar-refractivity contribution is 5.87. The number of esters is 1. The van der Waals surface area contributed by atoms with E-state index in [2.05, 4.69) is 4.74 Å². The van der Waals surface area contributed by atoms with Gasteiger partial charge in [-0.2, -0.15) is 0 Å². The van der Waals surface area contributed by atoms with Gasteiger partial charge in [-0.15, -0.1) is 0 Å². The minimum Gasteiger partial charge on any atom is -0.464 e. The van der Waals surface area contributed by atoms with E-state index in [9.17, 15) is 4.79 Å². The van der Waals surface area contributed by atoms with Gasteiger partial charge in [-0.3, -0.25) is 4.79 Å². The highest BCUT2D eigenvalue weighted by Gasteiger charge is 2.63. The lowest BCUT2D eigenvalue weighted by molar-refractivity contribution is -0.141. The van der Waals surface area contributed by atoms with Gasteiger partial charge in [0, 0.05) is 5.92 Å². The predicted molar refractivity (Wildman–Crippen MR) is 26.0 cm³/mol. The maximum Gasteiger partial charge on any atom is 0.326 e. The average Bonchev–Trinajstić information content (AvgIpc) is 2.31. The molecular formula is C5H7NO2. The van der Waals surface area contributed by atoms with Crippen molar-refractivity contribution in [3.8, 4) is 0 Å². The number of hydrogen-bond acceptors (Lipinski definition) is 3. The van der Waals surface area contributed by atoms with Crippen LogP contribution in [0.1, 0.15) is 6.42 Å². The van der Waals surface area contributed by atoms with Crippen molar-refractivity contribution in [1.29, 1.82) is 0 Å². The summed E-state index contributed by atoms with van der Waals surface area (Å²) < 4.78 is 4.65. The summed E-state index contributed by atoms with van der Waals surface area (Å²) in [7, 11) is 0. The second-order valence-corrected chi connectivity index (χ2v) is 2.54. The van der Waals surface area contributed by atoms with Crippen molar-refractivity contribution >= 4 is 5.97 Å². The molecule has 3 heteroatoms. The maximum atomic E-state index is 10.6. The first-order chi connectivity index (χ1) is 3.73. The van der Waals surface area contributed by atoms with Crippen LogP contribution in [-0.4, -0.2) is 18.1 Å². The Kier molecular flexibility index (Phi) is 0.492. The molecule has 2 atom stereocenters. The minimum absolute atomic E-state index is 0.206. The average molecular weight is 113 g/mol. The SMILES string of the molecule is N[C@@]12C[C@@H]1COC2=O. The van der Waals surface area contributed by atoms with Crippen LogP contribution in [0.5, 0.6) is 0 Å². The Morgan fingerprint density at radius 1 is 1.88 bits per heavy atom. The summed E-state index contributed by atoms with van der Waals surface area (Å²) in [4.78, 5) is 10.6. The van der Waals surface area contributed by atoms with E-state index >= 15 is 0 Å². The summed E-state index contributed by atoms with van der Waals surface area (Å²) in [6.07, 6.45) is 0.839. The van der Waals surface area contributed by atoms with Gasteiger partial charge in [-0.1, -0.05) is 0 Å². The van der Waals surface area contributed by atoms with Gasteiger partial charge in [0.2, 0.25) is 0 Å². The van der Waals surface area contributed by atoms with Crippen molar-refractivity contribution < 1.29 is 9.53 Å². The van der Waals surface area contributed by atoms with E-state index in [4.69, 9.17) is 5.73 Å². The van der Waals surface area contributed by atoms with E-state index < -0.39 is 5.54 Å². The zero-order valence-electron chi connectivity index (χ0n) is 4.39. The fraction of sp³-hybridized carbons (Fsp3) is 0.800. The molecule has 0 amide bonds. The van der Waals surface area contributed by atoms with Crippen molar-refractivity contribution in [1.82, 2.24) is 0 Å². The Morgan fingerprint density at radius 2 is 2.62 bits per heavy atom. The van der Waals surface area contributed by atoms with Gasteiger partial charge in [-0.05, 0) is 6.42 Å². The van der Waals surface area contributed by atoms with E-state index in [0.29, 0.717) is 12.5 Å². The Bertz CT molecular complexity index is 155. The third-order valence-electron chi connectivity index (χ3n) is 1.95. The lowest BCUT2D eigenvalue weighted by Gasteiger charge is -1.97. The number of carbonyl (C=O) groups excluding carboxylic acids is 1. The van der Waals surface area contributed by atoms with Gasteiger partial charge in [0.1, 0.15) is 5.54 Å². The highest BCUT2D eigenvalue weighted by Crippen LogP contribution is 2.46. The molecule has 0 spiro atoms. The molecule has 2 fully saturated rings. The second-order valence-electron chi connectivity index (χ2n) is 2.54. The van der Waals surface area contributed by atoms with Crippen LogP contribution in [0.15, 0.2) is 0 Å². The second kappa shape index (κ2) is 0.910. The molecule has 0 bridgehead atoms. The molecule has 1 aliphatic carbocycles. The quantitative estimate of drug-likeness (QED) is 0.421. The zero-order valence-corrected chi connectivity index (χ0v) is 4.39. The Hall–Kier alpha value is -0.570. The molecule has 0 aromatic rings. The highest BCUT2D eigenvalue weighted by atomic mass is 16.5.